The highest BCUT2D eigenvalue weighted by molar-refractivity contribution is 9.10. The maximum Gasteiger partial charge on any atom is 0.264 e. The largest absolute Gasteiger partial charge is 0.482 e. The fourth-order valence-corrected chi connectivity index (χ4v) is 2.26. The number of carbonyl (C=O) groups excluding carboxylic acids is 1. The smallest absolute Gasteiger partial charge is 0.264 e. The van der Waals surface area contributed by atoms with Crippen molar-refractivity contribution in [3.8, 4) is 5.75 Å². The van der Waals surface area contributed by atoms with Gasteiger partial charge in [-0.05, 0) is 24.1 Å². The third-order valence-electron chi connectivity index (χ3n) is 2.64. The van der Waals surface area contributed by atoms with Crippen LogP contribution in [0.4, 0.5) is 5.88 Å². The molecule has 1 heterocycles. The van der Waals surface area contributed by atoms with Crippen LogP contribution in [-0.4, -0.2) is 17.7 Å². The fraction of sp³-hybridized carbons (Fsp3) is 0.286. The molecule has 0 bridgehead atoms. The van der Waals surface area contributed by atoms with Crippen molar-refractivity contribution in [1.29, 1.82) is 0 Å². The Hall–Kier alpha value is -1.53. The molecule has 0 unspecified atom stereocenters. The molecule has 0 saturated carbocycles. The highest BCUT2D eigenvalue weighted by Gasteiger charge is 2.11. The number of hydrogen-bond acceptors (Lipinski definition) is 4. The van der Waals surface area contributed by atoms with E-state index < -0.39 is 0 Å². The van der Waals surface area contributed by atoms with Gasteiger partial charge in [-0.2, -0.15) is 0 Å². The van der Waals surface area contributed by atoms with Crippen molar-refractivity contribution >= 4 is 39.3 Å². The number of carbonyl (C=O) groups is 1. The molecule has 0 aliphatic heterocycles. The number of anilines is 1. The second-order valence-electron chi connectivity index (χ2n) is 4.68. The average Bonchev–Trinajstić information content (AvgIpc) is 2.86. The van der Waals surface area contributed by atoms with Gasteiger partial charge in [0, 0.05) is 10.5 Å². The molecule has 2 rings (SSSR count). The van der Waals surface area contributed by atoms with Gasteiger partial charge >= 0.3 is 0 Å². The van der Waals surface area contributed by atoms with E-state index in [1.807, 2.05) is 13.8 Å². The topological polar surface area (TPSA) is 64.4 Å². The molecule has 0 radical (unpaired) electrons. The minimum absolute atomic E-state index is 0.168. The lowest BCUT2D eigenvalue weighted by Gasteiger charge is -2.07. The van der Waals surface area contributed by atoms with E-state index in [1.165, 1.54) is 0 Å². The van der Waals surface area contributed by atoms with Crippen LogP contribution in [0.25, 0.3) is 0 Å². The van der Waals surface area contributed by atoms with E-state index in [-0.39, 0.29) is 18.4 Å². The maximum absolute atomic E-state index is 11.8. The summed E-state index contributed by atoms with van der Waals surface area (Å²) in [5, 5.41) is 6.86. The zero-order chi connectivity index (χ0) is 15.4. The highest BCUT2D eigenvalue weighted by Crippen LogP contribution is 2.27. The molecule has 1 N–H and O–H groups in total. The molecule has 1 aromatic carbocycles. The number of rotatable bonds is 5. The van der Waals surface area contributed by atoms with E-state index in [4.69, 9.17) is 20.9 Å². The van der Waals surface area contributed by atoms with Crippen LogP contribution in [0.1, 0.15) is 25.5 Å². The van der Waals surface area contributed by atoms with Gasteiger partial charge in [0.1, 0.15) is 5.75 Å². The van der Waals surface area contributed by atoms with Crippen molar-refractivity contribution in [2.45, 2.75) is 19.8 Å². The third kappa shape index (κ3) is 4.47. The predicted molar refractivity (Wildman–Crippen MR) is 83.9 cm³/mol. The van der Waals surface area contributed by atoms with Crippen molar-refractivity contribution < 1.29 is 14.1 Å². The van der Waals surface area contributed by atoms with Gasteiger partial charge in [-0.3, -0.25) is 10.1 Å². The van der Waals surface area contributed by atoms with Gasteiger partial charge in [0.25, 0.3) is 5.91 Å². The number of halogens is 2. The van der Waals surface area contributed by atoms with Gasteiger partial charge < -0.3 is 9.26 Å². The lowest BCUT2D eigenvalue weighted by atomic mass is 10.1. The molecule has 0 aliphatic carbocycles. The number of nitrogens with zero attached hydrogens (tertiary/aromatic N) is 1. The monoisotopic (exact) mass is 372 g/mol. The minimum Gasteiger partial charge on any atom is -0.482 e. The molecule has 0 spiro atoms. The van der Waals surface area contributed by atoms with Crippen molar-refractivity contribution in [1.82, 2.24) is 5.16 Å². The van der Waals surface area contributed by atoms with Crippen molar-refractivity contribution in [3.05, 3.63) is 39.5 Å². The molecule has 0 atom stereocenters. The number of nitrogens with one attached hydrogen (secondary N) is 1. The summed E-state index contributed by atoms with van der Waals surface area (Å²) in [6.45, 7) is 3.81. The van der Waals surface area contributed by atoms with Gasteiger partial charge in [0.2, 0.25) is 5.88 Å². The first-order valence-electron chi connectivity index (χ1n) is 6.30. The summed E-state index contributed by atoms with van der Waals surface area (Å²) >= 11 is 9.29. The van der Waals surface area contributed by atoms with Crippen LogP contribution < -0.4 is 10.1 Å². The number of amides is 1. The maximum atomic E-state index is 11.8. The van der Waals surface area contributed by atoms with E-state index in [0.29, 0.717) is 16.7 Å². The van der Waals surface area contributed by atoms with Crippen LogP contribution in [0.15, 0.2) is 33.3 Å². The number of aromatic nitrogens is 1. The zero-order valence-corrected chi connectivity index (χ0v) is 13.9. The zero-order valence-electron chi connectivity index (χ0n) is 11.5. The Morgan fingerprint density at radius 2 is 2.24 bits per heavy atom. The molecule has 7 heteroatoms. The van der Waals surface area contributed by atoms with Crippen LogP contribution in [0.5, 0.6) is 5.75 Å². The molecular formula is C14H14BrClN2O3. The van der Waals surface area contributed by atoms with Gasteiger partial charge in [0.05, 0.1) is 10.7 Å². The van der Waals surface area contributed by atoms with E-state index in [9.17, 15) is 4.79 Å². The van der Waals surface area contributed by atoms with E-state index in [0.717, 1.165) is 10.2 Å². The molecule has 21 heavy (non-hydrogen) atoms. The van der Waals surface area contributed by atoms with Crippen LogP contribution >= 0.6 is 27.5 Å². The van der Waals surface area contributed by atoms with Gasteiger partial charge in [-0.25, -0.2) is 0 Å². The number of benzene rings is 1. The summed E-state index contributed by atoms with van der Waals surface area (Å²) in [7, 11) is 0. The standard InChI is InChI=1S/C14H14BrClN2O3/c1-8(2)11-6-14(21-18-11)17-13(19)7-20-12-4-3-9(15)5-10(12)16/h3-6,8H,7H2,1-2H3,(H,17,19). The van der Waals surface area contributed by atoms with Gasteiger partial charge in [0.15, 0.2) is 6.61 Å². The summed E-state index contributed by atoms with van der Waals surface area (Å²) in [6, 6.07) is 6.85. The lowest BCUT2D eigenvalue weighted by Crippen LogP contribution is -2.19. The van der Waals surface area contributed by atoms with Gasteiger partial charge in [-0.15, -0.1) is 0 Å². The molecule has 0 saturated heterocycles. The van der Waals surface area contributed by atoms with Crippen LogP contribution in [0.3, 0.4) is 0 Å². The molecule has 1 amide bonds. The van der Waals surface area contributed by atoms with Crippen LogP contribution in [0.2, 0.25) is 5.02 Å². The van der Waals surface area contributed by atoms with E-state index in [1.54, 1.807) is 24.3 Å². The van der Waals surface area contributed by atoms with E-state index >= 15 is 0 Å². The summed E-state index contributed by atoms with van der Waals surface area (Å²) in [6.07, 6.45) is 0. The molecule has 0 aliphatic rings. The number of ether oxygens (including phenoxy) is 1. The average molecular weight is 374 g/mol. The molecular weight excluding hydrogens is 360 g/mol. The highest BCUT2D eigenvalue weighted by atomic mass is 79.9. The summed E-state index contributed by atoms with van der Waals surface area (Å²) in [5.41, 5.74) is 0.780. The Bertz CT molecular complexity index is 643. The summed E-state index contributed by atoms with van der Waals surface area (Å²) in [5.74, 6) is 0.627. The van der Waals surface area contributed by atoms with Crippen molar-refractivity contribution in [2.75, 3.05) is 11.9 Å². The third-order valence-corrected chi connectivity index (χ3v) is 3.42. The first kappa shape index (κ1) is 15.9. The van der Waals surface area contributed by atoms with E-state index in [2.05, 4.69) is 26.4 Å². The fourth-order valence-electron chi connectivity index (χ4n) is 1.53. The second kappa shape index (κ2) is 6.95. The molecule has 5 nitrogen and oxygen atoms in total. The molecule has 0 fully saturated rings. The number of hydrogen-bond donors (Lipinski definition) is 1. The molecule has 112 valence electrons. The Morgan fingerprint density at radius 1 is 1.48 bits per heavy atom. The summed E-state index contributed by atoms with van der Waals surface area (Å²) in [4.78, 5) is 11.8. The Balaban J connectivity index is 1.89. The Morgan fingerprint density at radius 3 is 2.86 bits per heavy atom. The Labute approximate surface area is 135 Å². The summed E-state index contributed by atoms with van der Waals surface area (Å²) < 4.78 is 11.2. The second-order valence-corrected chi connectivity index (χ2v) is 6.01. The lowest BCUT2D eigenvalue weighted by molar-refractivity contribution is -0.118. The van der Waals surface area contributed by atoms with Crippen molar-refractivity contribution in [3.63, 3.8) is 0 Å². The van der Waals surface area contributed by atoms with Gasteiger partial charge in [-0.1, -0.05) is 46.5 Å². The molecule has 1 aromatic heterocycles. The van der Waals surface area contributed by atoms with Crippen molar-refractivity contribution in [2.24, 2.45) is 0 Å². The quantitative estimate of drug-likeness (QED) is 0.852. The predicted octanol–water partition coefficient (Wildman–Crippen LogP) is 4.23. The Kier molecular flexibility index (Phi) is 5.25. The van der Waals surface area contributed by atoms with Crippen LogP contribution in [-0.2, 0) is 4.79 Å². The molecule has 2 aromatic rings. The van der Waals surface area contributed by atoms with Crippen LogP contribution in [0, 0.1) is 0 Å². The minimum atomic E-state index is -0.347. The first-order chi connectivity index (χ1) is 9.95. The first-order valence-corrected chi connectivity index (χ1v) is 7.47. The SMILES string of the molecule is CC(C)c1cc(NC(=O)COc2ccc(Br)cc2Cl)on1. The normalized spacial score (nSPS) is 10.7.